The first-order valence-electron chi connectivity index (χ1n) is 7.68. The molecule has 116 valence electrons. The van der Waals surface area contributed by atoms with Gasteiger partial charge in [0, 0.05) is 12.0 Å². The summed E-state index contributed by atoms with van der Waals surface area (Å²) >= 11 is 0. The van der Waals surface area contributed by atoms with Crippen molar-refractivity contribution in [2.45, 2.75) is 70.7 Å². The Labute approximate surface area is 125 Å². The minimum atomic E-state index is -1.81. The topological polar surface area (TPSA) is 52.3 Å². The molecule has 1 rings (SSSR count). The third-order valence-corrected chi connectivity index (χ3v) is 9.56. The van der Waals surface area contributed by atoms with Crippen molar-refractivity contribution in [3.8, 4) is 0 Å². The molecular formula is C16H31NO2Si. The molecule has 0 aromatic heterocycles. The van der Waals surface area contributed by atoms with Crippen LogP contribution in [0.2, 0.25) is 18.1 Å². The van der Waals surface area contributed by atoms with Gasteiger partial charge in [0.2, 0.25) is 5.91 Å². The van der Waals surface area contributed by atoms with E-state index in [1.54, 1.807) is 0 Å². The van der Waals surface area contributed by atoms with Crippen molar-refractivity contribution in [2.24, 2.45) is 17.6 Å². The highest BCUT2D eigenvalue weighted by molar-refractivity contribution is 6.74. The summed E-state index contributed by atoms with van der Waals surface area (Å²) in [5.41, 5.74) is 5.58. The molecule has 0 aliphatic heterocycles. The minimum Gasteiger partial charge on any atom is -0.414 e. The summed E-state index contributed by atoms with van der Waals surface area (Å²) in [6.45, 7) is 15.1. The monoisotopic (exact) mass is 297 g/mol. The molecule has 1 aliphatic rings. The van der Waals surface area contributed by atoms with Gasteiger partial charge in [-0.15, -0.1) is 6.58 Å². The lowest BCUT2D eigenvalue weighted by atomic mass is 9.75. The van der Waals surface area contributed by atoms with E-state index in [0.29, 0.717) is 0 Å². The van der Waals surface area contributed by atoms with E-state index in [4.69, 9.17) is 10.2 Å². The first-order chi connectivity index (χ1) is 9.10. The highest BCUT2D eigenvalue weighted by atomic mass is 28.4. The molecule has 0 heterocycles. The number of nitrogens with two attached hydrogens (primary N) is 1. The predicted octanol–water partition coefficient (Wildman–Crippen LogP) is 3.85. The SMILES string of the molecule is C=CC[C@H]1C(C(N)=O)CCC[C@H]1O[Si](C)(C)C(C)(C)C. The Hall–Kier alpha value is -0.613. The molecule has 1 saturated carbocycles. The molecule has 1 aliphatic carbocycles. The van der Waals surface area contributed by atoms with Crippen molar-refractivity contribution in [3.05, 3.63) is 12.7 Å². The van der Waals surface area contributed by atoms with Crippen LogP contribution in [-0.4, -0.2) is 20.3 Å². The van der Waals surface area contributed by atoms with Crippen LogP contribution in [0.5, 0.6) is 0 Å². The van der Waals surface area contributed by atoms with Crippen molar-refractivity contribution in [1.29, 1.82) is 0 Å². The number of allylic oxidation sites excluding steroid dienone is 1. The molecule has 0 bridgehead atoms. The second kappa shape index (κ2) is 6.44. The van der Waals surface area contributed by atoms with Crippen LogP contribution in [0.4, 0.5) is 0 Å². The smallest absolute Gasteiger partial charge is 0.220 e. The van der Waals surface area contributed by atoms with Crippen molar-refractivity contribution in [3.63, 3.8) is 0 Å². The molecule has 3 nitrogen and oxygen atoms in total. The average Bonchev–Trinajstić information content (AvgIpc) is 2.29. The van der Waals surface area contributed by atoms with E-state index in [9.17, 15) is 4.79 Å². The summed E-state index contributed by atoms with van der Waals surface area (Å²) in [7, 11) is -1.81. The van der Waals surface area contributed by atoms with Crippen molar-refractivity contribution < 1.29 is 9.22 Å². The molecular weight excluding hydrogens is 266 g/mol. The molecule has 0 saturated heterocycles. The molecule has 0 aromatic carbocycles. The van der Waals surface area contributed by atoms with Gasteiger partial charge in [0.05, 0.1) is 0 Å². The van der Waals surface area contributed by atoms with Gasteiger partial charge < -0.3 is 10.2 Å². The van der Waals surface area contributed by atoms with Crippen LogP contribution in [0.1, 0.15) is 46.5 Å². The van der Waals surface area contributed by atoms with Gasteiger partial charge in [-0.25, -0.2) is 0 Å². The van der Waals surface area contributed by atoms with Gasteiger partial charge in [0.15, 0.2) is 8.32 Å². The number of rotatable bonds is 5. The second-order valence-corrected chi connectivity index (χ2v) is 12.3. The van der Waals surface area contributed by atoms with Crippen LogP contribution < -0.4 is 5.73 Å². The van der Waals surface area contributed by atoms with E-state index in [1.165, 1.54) is 0 Å². The van der Waals surface area contributed by atoms with Crippen LogP contribution in [0.25, 0.3) is 0 Å². The number of carbonyl (C=O) groups is 1. The fraction of sp³-hybridized carbons (Fsp3) is 0.812. The van der Waals surface area contributed by atoms with Gasteiger partial charge >= 0.3 is 0 Å². The van der Waals surface area contributed by atoms with E-state index in [-0.39, 0.29) is 28.9 Å². The summed E-state index contributed by atoms with van der Waals surface area (Å²) in [6.07, 6.45) is 5.82. The van der Waals surface area contributed by atoms with Gasteiger partial charge in [0.25, 0.3) is 0 Å². The van der Waals surface area contributed by atoms with E-state index in [1.807, 2.05) is 6.08 Å². The molecule has 0 radical (unpaired) electrons. The molecule has 2 N–H and O–H groups in total. The van der Waals surface area contributed by atoms with E-state index in [2.05, 4.69) is 40.4 Å². The first kappa shape index (κ1) is 17.4. The van der Waals surface area contributed by atoms with Gasteiger partial charge in [0.1, 0.15) is 0 Å². The Bertz CT molecular complexity index is 360. The summed E-state index contributed by atoms with van der Waals surface area (Å²) in [5, 5.41) is 0.186. The van der Waals surface area contributed by atoms with Gasteiger partial charge in [-0.1, -0.05) is 33.3 Å². The minimum absolute atomic E-state index is 0.0588. The number of carbonyl (C=O) groups excluding carboxylic acids is 1. The molecule has 1 unspecified atom stereocenters. The number of amides is 1. The molecule has 1 fully saturated rings. The van der Waals surface area contributed by atoms with Gasteiger partial charge in [-0.3, -0.25) is 4.79 Å². The number of primary amides is 1. The van der Waals surface area contributed by atoms with Crippen molar-refractivity contribution >= 4 is 14.2 Å². The van der Waals surface area contributed by atoms with Gasteiger partial charge in [-0.2, -0.15) is 0 Å². The molecule has 3 atom stereocenters. The summed E-state index contributed by atoms with van der Waals surface area (Å²) in [4.78, 5) is 11.7. The fourth-order valence-corrected chi connectivity index (χ4v) is 4.19. The highest BCUT2D eigenvalue weighted by Crippen LogP contribution is 2.42. The number of hydrogen-bond donors (Lipinski definition) is 1. The van der Waals surface area contributed by atoms with Crippen molar-refractivity contribution in [1.82, 2.24) is 0 Å². The maximum absolute atomic E-state index is 11.7. The lowest BCUT2D eigenvalue weighted by Gasteiger charge is -2.44. The zero-order valence-electron chi connectivity index (χ0n) is 13.7. The molecule has 20 heavy (non-hydrogen) atoms. The Balaban J connectivity index is 2.90. The maximum atomic E-state index is 11.7. The Morgan fingerprint density at radius 3 is 2.45 bits per heavy atom. The lowest BCUT2D eigenvalue weighted by Crippen LogP contribution is -2.49. The van der Waals surface area contributed by atoms with Gasteiger partial charge in [-0.05, 0) is 43.3 Å². The zero-order valence-corrected chi connectivity index (χ0v) is 14.7. The third kappa shape index (κ3) is 3.95. The zero-order chi connectivity index (χ0) is 15.6. The fourth-order valence-electron chi connectivity index (χ4n) is 2.79. The Kier molecular flexibility index (Phi) is 5.61. The van der Waals surface area contributed by atoms with Crippen LogP contribution in [0.15, 0.2) is 12.7 Å². The normalized spacial score (nSPS) is 28.1. The standard InChI is InChI=1S/C16H31NO2Si/c1-7-9-12-13(15(17)18)10-8-11-14(12)19-20(5,6)16(2,3)4/h7,12-14H,1,8-11H2,2-6H3,(H2,17,18)/t12-,13?,14+/m0/s1. The Morgan fingerprint density at radius 2 is 2.00 bits per heavy atom. The summed E-state index contributed by atoms with van der Waals surface area (Å²) in [6, 6.07) is 0. The first-order valence-corrected chi connectivity index (χ1v) is 10.6. The quantitative estimate of drug-likeness (QED) is 0.619. The lowest BCUT2D eigenvalue weighted by molar-refractivity contribution is -0.126. The number of hydrogen-bond acceptors (Lipinski definition) is 2. The summed E-state index contributed by atoms with van der Waals surface area (Å²) in [5.74, 6) is -0.0372. The van der Waals surface area contributed by atoms with Crippen LogP contribution in [-0.2, 0) is 9.22 Å². The van der Waals surface area contributed by atoms with E-state index >= 15 is 0 Å². The van der Waals surface area contributed by atoms with Crippen LogP contribution >= 0.6 is 0 Å². The largest absolute Gasteiger partial charge is 0.414 e. The van der Waals surface area contributed by atoms with Crippen LogP contribution in [0, 0.1) is 11.8 Å². The molecule has 4 heteroatoms. The van der Waals surface area contributed by atoms with E-state index < -0.39 is 8.32 Å². The van der Waals surface area contributed by atoms with Crippen LogP contribution in [0.3, 0.4) is 0 Å². The van der Waals surface area contributed by atoms with E-state index in [0.717, 1.165) is 25.7 Å². The molecule has 1 amide bonds. The second-order valence-electron chi connectivity index (χ2n) is 7.54. The van der Waals surface area contributed by atoms with Crippen molar-refractivity contribution in [2.75, 3.05) is 0 Å². The summed E-state index contributed by atoms with van der Waals surface area (Å²) < 4.78 is 6.57. The molecule has 0 spiro atoms. The average molecular weight is 298 g/mol. The maximum Gasteiger partial charge on any atom is 0.220 e. The predicted molar refractivity (Wildman–Crippen MR) is 86.9 cm³/mol. The molecule has 0 aromatic rings. The highest BCUT2D eigenvalue weighted by Gasteiger charge is 2.43. The Morgan fingerprint density at radius 1 is 1.40 bits per heavy atom. The third-order valence-electron chi connectivity index (χ3n) is 5.05.